The van der Waals surface area contributed by atoms with Gasteiger partial charge in [0.1, 0.15) is 17.2 Å². The Morgan fingerprint density at radius 3 is 2.37 bits per heavy atom. The van der Waals surface area contributed by atoms with Gasteiger partial charge in [-0.25, -0.2) is 0 Å². The molecule has 3 rings (SSSR count). The summed E-state index contributed by atoms with van der Waals surface area (Å²) in [6.07, 6.45) is 0. The molecule has 0 atom stereocenters. The molecule has 0 aliphatic heterocycles. The van der Waals surface area contributed by atoms with Gasteiger partial charge in [0.25, 0.3) is 0 Å². The van der Waals surface area contributed by atoms with E-state index in [0.717, 1.165) is 22.6 Å². The van der Waals surface area contributed by atoms with Gasteiger partial charge >= 0.3 is 0 Å². The van der Waals surface area contributed by atoms with E-state index in [4.69, 9.17) is 9.47 Å². The maximum absolute atomic E-state index is 5.95. The Balaban J connectivity index is 2.01. The van der Waals surface area contributed by atoms with Crippen molar-refractivity contribution in [3.05, 3.63) is 66.7 Å². The van der Waals surface area contributed by atoms with Crippen molar-refractivity contribution in [2.75, 3.05) is 7.11 Å². The van der Waals surface area contributed by atoms with Gasteiger partial charge in [0.2, 0.25) is 0 Å². The average molecular weight is 250 g/mol. The van der Waals surface area contributed by atoms with Crippen LogP contribution in [0.4, 0.5) is 0 Å². The minimum atomic E-state index is 0.774. The molecule has 0 aliphatic carbocycles. The van der Waals surface area contributed by atoms with Crippen molar-refractivity contribution in [2.45, 2.75) is 0 Å². The highest BCUT2D eigenvalue weighted by atomic mass is 16.5. The highest BCUT2D eigenvalue weighted by molar-refractivity contribution is 5.88. The van der Waals surface area contributed by atoms with E-state index in [1.54, 1.807) is 7.11 Å². The molecule has 0 bridgehead atoms. The molecule has 0 radical (unpaired) electrons. The number of hydrogen-bond acceptors (Lipinski definition) is 2. The maximum Gasteiger partial charge on any atom is 0.135 e. The molecule has 0 fully saturated rings. The molecule has 94 valence electrons. The second-order valence-electron chi connectivity index (χ2n) is 4.26. The van der Waals surface area contributed by atoms with Crippen LogP contribution in [0.15, 0.2) is 66.7 Å². The SMILES string of the molecule is COc1cccc(Oc2cccc3ccccc23)c1. The summed E-state index contributed by atoms with van der Waals surface area (Å²) in [5.74, 6) is 2.42. The average Bonchev–Trinajstić information content (AvgIpc) is 2.48. The molecular formula is C17H14O2. The third-order valence-corrected chi connectivity index (χ3v) is 3.02. The van der Waals surface area contributed by atoms with Gasteiger partial charge in [0.15, 0.2) is 0 Å². The first-order valence-corrected chi connectivity index (χ1v) is 6.16. The van der Waals surface area contributed by atoms with E-state index in [1.165, 1.54) is 5.39 Å². The predicted octanol–water partition coefficient (Wildman–Crippen LogP) is 4.64. The first kappa shape index (κ1) is 11.6. The van der Waals surface area contributed by atoms with E-state index in [2.05, 4.69) is 18.2 Å². The second kappa shape index (κ2) is 5.02. The third kappa shape index (κ3) is 2.38. The highest BCUT2D eigenvalue weighted by Crippen LogP contribution is 2.31. The molecule has 0 saturated carbocycles. The van der Waals surface area contributed by atoms with Crippen LogP contribution in [-0.4, -0.2) is 7.11 Å². The van der Waals surface area contributed by atoms with Crippen LogP contribution in [0.25, 0.3) is 10.8 Å². The number of ether oxygens (including phenoxy) is 2. The first-order chi connectivity index (χ1) is 9.36. The fourth-order valence-electron chi connectivity index (χ4n) is 2.08. The Morgan fingerprint density at radius 2 is 1.47 bits per heavy atom. The third-order valence-electron chi connectivity index (χ3n) is 3.02. The number of hydrogen-bond donors (Lipinski definition) is 0. The zero-order chi connectivity index (χ0) is 13.1. The second-order valence-corrected chi connectivity index (χ2v) is 4.26. The van der Waals surface area contributed by atoms with Crippen LogP contribution in [0, 0.1) is 0 Å². The van der Waals surface area contributed by atoms with Crippen LogP contribution in [0.2, 0.25) is 0 Å². The van der Waals surface area contributed by atoms with Crippen LogP contribution >= 0.6 is 0 Å². The van der Waals surface area contributed by atoms with Gasteiger partial charge in [-0.15, -0.1) is 0 Å². The molecule has 0 aromatic heterocycles. The Labute approximate surface area is 112 Å². The largest absolute Gasteiger partial charge is 0.497 e. The zero-order valence-corrected chi connectivity index (χ0v) is 10.7. The van der Waals surface area contributed by atoms with Gasteiger partial charge in [0, 0.05) is 11.5 Å². The standard InChI is InChI=1S/C17H14O2/c1-18-14-8-5-9-15(12-14)19-17-11-4-7-13-6-2-3-10-16(13)17/h2-12H,1H3. The summed E-state index contributed by atoms with van der Waals surface area (Å²) < 4.78 is 11.2. The maximum atomic E-state index is 5.95. The monoisotopic (exact) mass is 250 g/mol. The molecular weight excluding hydrogens is 236 g/mol. The van der Waals surface area contributed by atoms with Gasteiger partial charge < -0.3 is 9.47 Å². The lowest BCUT2D eigenvalue weighted by Crippen LogP contribution is -1.87. The fourth-order valence-corrected chi connectivity index (χ4v) is 2.08. The molecule has 0 amide bonds. The summed E-state index contributed by atoms with van der Waals surface area (Å²) in [5, 5.41) is 2.27. The van der Waals surface area contributed by atoms with Crippen molar-refractivity contribution in [3.8, 4) is 17.2 Å². The van der Waals surface area contributed by atoms with Crippen molar-refractivity contribution in [1.29, 1.82) is 0 Å². The molecule has 2 nitrogen and oxygen atoms in total. The van der Waals surface area contributed by atoms with Gasteiger partial charge in [-0.1, -0.05) is 42.5 Å². The Hall–Kier alpha value is -2.48. The van der Waals surface area contributed by atoms with Crippen molar-refractivity contribution >= 4 is 10.8 Å². The van der Waals surface area contributed by atoms with Gasteiger partial charge in [-0.3, -0.25) is 0 Å². The summed E-state index contributed by atoms with van der Waals surface area (Å²) >= 11 is 0. The number of benzene rings is 3. The molecule has 0 saturated heterocycles. The molecule has 0 aliphatic rings. The van der Waals surface area contributed by atoms with E-state index < -0.39 is 0 Å². The quantitative estimate of drug-likeness (QED) is 0.674. The number of methoxy groups -OCH3 is 1. The molecule has 2 heteroatoms. The van der Waals surface area contributed by atoms with E-state index in [0.29, 0.717) is 0 Å². The lowest BCUT2D eigenvalue weighted by molar-refractivity contribution is 0.409. The summed E-state index contributed by atoms with van der Waals surface area (Å²) in [6, 6.07) is 21.8. The zero-order valence-electron chi connectivity index (χ0n) is 10.7. The van der Waals surface area contributed by atoms with Crippen LogP contribution in [0.1, 0.15) is 0 Å². The van der Waals surface area contributed by atoms with Gasteiger partial charge in [0.05, 0.1) is 7.11 Å². The number of fused-ring (bicyclic) bond motifs is 1. The minimum absolute atomic E-state index is 0.774. The van der Waals surface area contributed by atoms with Crippen molar-refractivity contribution < 1.29 is 9.47 Å². The molecule has 3 aromatic carbocycles. The van der Waals surface area contributed by atoms with E-state index in [9.17, 15) is 0 Å². The van der Waals surface area contributed by atoms with Crippen LogP contribution in [0.5, 0.6) is 17.2 Å². The Bertz CT molecular complexity index is 699. The van der Waals surface area contributed by atoms with Crippen LogP contribution < -0.4 is 9.47 Å². The summed E-state index contributed by atoms with van der Waals surface area (Å²) in [7, 11) is 1.65. The lowest BCUT2D eigenvalue weighted by Gasteiger charge is -2.09. The topological polar surface area (TPSA) is 18.5 Å². The van der Waals surface area contributed by atoms with Gasteiger partial charge in [-0.05, 0) is 23.6 Å². The minimum Gasteiger partial charge on any atom is -0.497 e. The van der Waals surface area contributed by atoms with Crippen LogP contribution in [0.3, 0.4) is 0 Å². The first-order valence-electron chi connectivity index (χ1n) is 6.16. The Kier molecular flexibility index (Phi) is 3.07. The molecule has 0 heterocycles. The van der Waals surface area contributed by atoms with Crippen molar-refractivity contribution in [1.82, 2.24) is 0 Å². The molecule has 0 spiro atoms. The smallest absolute Gasteiger partial charge is 0.135 e. The molecule has 3 aromatic rings. The summed E-state index contributed by atoms with van der Waals surface area (Å²) in [5.41, 5.74) is 0. The summed E-state index contributed by atoms with van der Waals surface area (Å²) in [6.45, 7) is 0. The van der Waals surface area contributed by atoms with E-state index in [1.807, 2.05) is 48.5 Å². The molecule has 0 N–H and O–H groups in total. The fraction of sp³-hybridized carbons (Fsp3) is 0.0588. The number of rotatable bonds is 3. The normalized spacial score (nSPS) is 10.4. The Morgan fingerprint density at radius 1 is 0.737 bits per heavy atom. The van der Waals surface area contributed by atoms with E-state index in [-0.39, 0.29) is 0 Å². The van der Waals surface area contributed by atoms with E-state index >= 15 is 0 Å². The van der Waals surface area contributed by atoms with Crippen molar-refractivity contribution in [2.24, 2.45) is 0 Å². The van der Waals surface area contributed by atoms with Crippen LogP contribution in [-0.2, 0) is 0 Å². The predicted molar refractivity (Wildman–Crippen MR) is 77.0 cm³/mol. The highest BCUT2D eigenvalue weighted by Gasteiger charge is 2.03. The molecule has 19 heavy (non-hydrogen) atoms. The van der Waals surface area contributed by atoms with Crippen molar-refractivity contribution in [3.63, 3.8) is 0 Å². The van der Waals surface area contributed by atoms with Gasteiger partial charge in [-0.2, -0.15) is 0 Å². The molecule has 0 unspecified atom stereocenters. The summed E-state index contributed by atoms with van der Waals surface area (Å²) in [4.78, 5) is 0. The lowest BCUT2D eigenvalue weighted by atomic mass is 10.1.